The minimum absolute atomic E-state index is 0.0772. The highest BCUT2D eigenvalue weighted by molar-refractivity contribution is 5.94. The normalized spacial score (nSPS) is 21.1. The Morgan fingerprint density at radius 1 is 1.19 bits per heavy atom. The first-order valence-corrected chi connectivity index (χ1v) is 8.29. The maximum absolute atomic E-state index is 12.8. The van der Waals surface area contributed by atoms with E-state index in [0.29, 0.717) is 22.6 Å². The Hall–Kier alpha value is -3.17. The van der Waals surface area contributed by atoms with E-state index in [0.717, 1.165) is 0 Å². The summed E-state index contributed by atoms with van der Waals surface area (Å²) < 4.78 is 16.3. The number of fused-ring (bicyclic) bond motifs is 1. The van der Waals surface area contributed by atoms with Gasteiger partial charge in [0.1, 0.15) is 0 Å². The molecule has 1 fully saturated rings. The maximum atomic E-state index is 12.8. The van der Waals surface area contributed by atoms with Crippen molar-refractivity contribution in [3.63, 3.8) is 0 Å². The van der Waals surface area contributed by atoms with Crippen molar-refractivity contribution < 1.29 is 28.8 Å². The quantitative estimate of drug-likeness (QED) is 0.603. The Labute approximate surface area is 154 Å². The van der Waals surface area contributed by atoms with Crippen LogP contribution in [-0.4, -0.2) is 35.3 Å². The number of ether oxygens (including phenoxy) is 3. The third kappa shape index (κ3) is 3.42. The molecular weight excluding hydrogens is 356 g/mol. The second-order valence-corrected chi connectivity index (χ2v) is 6.17. The van der Waals surface area contributed by atoms with E-state index in [9.17, 15) is 14.9 Å². The van der Waals surface area contributed by atoms with E-state index in [4.69, 9.17) is 19.0 Å². The number of non-ortho nitro benzene ring substituents is 1. The number of rotatable bonds is 3. The van der Waals surface area contributed by atoms with E-state index in [1.807, 2.05) is 0 Å². The highest BCUT2D eigenvalue weighted by Crippen LogP contribution is 2.34. The third-order valence-corrected chi connectivity index (χ3v) is 4.20. The number of hydroxylamine groups is 2. The Morgan fingerprint density at radius 3 is 2.81 bits per heavy atom. The van der Waals surface area contributed by atoms with Gasteiger partial charge in [-0.3, -0.25) is 14.9 Å². The number of hydrogen-bond donors (Lipinski definition) is 0. The van der Waals surface area contributed by atoms with Crippen LogP contribution in [0.2, 0.25) is 0 Å². The Bertz CT molecular complexity index is 901. The van der Waals surface area contributed by atoms with Crippen molar-refractivity contribution in [1.82, 2.24) is 5.06 Å². The average Bonchev–Trinajstić information content (AvgIpc) is 3.14. The fourth-order valence-corrected chi connectivity index (χ4v) is 2.90. The Kier molecular flexibility index (Phi) is 4.38. The van der Waals surface area contributed by atoms with Crippen molar-refractivity contribution in [2.45, 2.75) is 19.3 Å². The SMILES string of the molecule is CC1CN(C(=O)c2ccc3c(c2)OCO3)OC(c2cccc([N+](=O)[O-])c2)O1. The van der Waals surface area contributed by atoms with Crippen LogP contribution < -0.4 is 9.47 Å². The fraction of sp³-hybridized carbons (Fsp3) is 0.278. The molecule has 27 heavy (non-hydrogen) atoms. The van der Waals surface area contributed by atoms with Gasteiger partial charge in [-0.05, 0) is 25.1 Å². The lowest BCUT2D eigenvalue weighted by molar-refractivity contribution is -0.385. The van der Waals surface area contributed by atoms with Gasteiger partial charge in [0.05, 0.1) is 17.6 Å². The standard InChI is InChI=1S/C18H16N2O7/c1-11-9-19(17(21)12-5-6-15-16(8-12)25-10-24-15)27-18(26-11)13-3-2-4-14(7-13)20(22)23/h2-8,11,18H,9-10H2,1H3. The molecule has 1 saturated heterocycles. The largest absolute Gasteiger partial charge is 0.454 e. The lowest BCUT2D eigenvalue weighted by Gasteiger charge is -2.36. The molecule has 0 radical (unpaired) electrons. The van der Waals surface area contributed by atoms with Crippen LogP contribution in [0, 0.1) is 10.1 Å². The molecule has 2 aliphatic rings. The van der Waals surface area contributed by atoms with Crippen LogP contribution in [0.1, 0.15) is 29.1 Å². The number of carbonyl (C=O) groups excluding carboxylic acids is 1. The molecule has 2 atom stereocenters. The molecule has 9 nitrogen and oxygen atoms in total. The molecule has 2 aromatic rings. The highest BCUT2D eigenvalue weighted by atomic mass is 16.8. The summed E-state index contributed by atoms with van der Waals surface area (Å²) in [5.74, 6) is 0.716. The molecule has 2 unspecified atom stereocenters. The van der Waals surface area contributed by atoms with Crippen LogP contribution >= 0.6 is 0 Å². The van der Waals surface area contributed by atoms with Crippen molar-refractivity contribution in [3.8, 4) is 11.5 Å². The number of nitro groups is 1. The van der Waals surface area contributed by atoms with Crippen LogP contribution in [0.3, 0.4) is 0 Å². The van der Waals surface area contributed by atoms with Crippen LogP contribution in [0.15, 0.2) is 42.5 Å². The number of nitrogens with zero attached hydrogens (tertiary/aromatic N) is 2. The molecule has 1 amide bonds. The number of benzene rings is 2. The first-order chi connectivity index (χ1) is 13.0. The van der Waals surface area contributed by atoms with Crippen molar-refractivity contribution >= 4 is 11.6 Å². The molecule has 4 rings (SSSR count). The van der Waals surface area contributed by atoms with Gasteiger partial charge < -0.3 is 14.2 Å². The maximum Gasteiger partial charge on any atom is 0.277 e. The Balaban J connectivity index is 1.56. The van der Waals surface area contributed by atoms with E-state index in [-0.39, 0.29) is 31.0 Å². The van der Waals surface area contributed by atoms with Gasteiger partial charge in [0.15, 0.2) is 11.5 Å². The number of nitro benzene ring substituents is 1. The molecule has 0 aromatic heterocycles. The molecular formula is C18H16N2O7. The number of carbonyl (C=O) groups is 1. The highest BCUT2D eigenvalue weighted by Gasteiger charge is 2.32. The van der Waals surface area contributed by atoms with Crippen molar-refractivity contribution in [2.24, 2.45) is 0 Å². The van der Waals surface area contributed by atoms with Gasteiger partial charge in [0.25, 0.3) is 11.6 Å². The van der Waals surface area contributed by atoms with Crippen molar-refractivity contribution in [2.75, 3.05) is 13.3 Å². The van der Waals surface area contributed by atoms with Crippen molar-refractivity contribution in [3.05, 3.63) is 63.7 Å². The average molecular weight is 372 g/mol. The number of hydrogen-bond acceptors (Lipinski definition) is 7. The van der Waals surface area contributed by atoms with E-state index in [2.05, 4.69) is 0 Å². The van der Waals surface area contributed by atoms with Crippen molar-refractivity contribution in [1.29, 1.82) is 0 Å². The Morgan fingerprint density at radius 2 is 2.00 bits per heavy atom. The molecule has 0 bridgehead atoms. The summed E-state index contributed by atoms with van der Waals surface area (Å²) in [6, 6.07) is 10.8. The van der Waals surface area contributed by atoms with Crippen LogP contribution in [0.25, 0.3) is 0 Å². The monoisotopic (exact) mass is 372 g/mol. The van der Waals surface area contributed by atoms with Crippen LogP contribution in [0.5, 0.6) is 11.5 Å². The molecule has 0 spiro atoms. The van der Waals surface area contributed by atoms with Gasteiger partial charge in [0, 0.05) is 23.3 Å². The topological polar surface area (TPSA) is 100 Å². The minimum atomic E-state index is -0.924. The van der Waals surface area contributed by atoms with E-state index in [1.54, 1.807) is 37.3 Å². The lowest BCUT2D eigenvalue weighted by atomic mass is 10.1. The molecule has 0 N–H and O–H groups in total. The van der Waals surface area contributed by atoms with E-state index in [1.165, 1.54) is 17.2 Å². The van der Waals surface area contributed by atoms with Gasteiger partial charge in [-0.1, -0.05) is 12.1 Å². The predicted octanol–water partition coefficient (Wildman–Crippen LogP) is 2.81. The molecule has 0 aliphatic carbocycles. The van der Waals surface area contributed by atoms with Crippen LogP contribution in [0.4, 0.5) is 5.69 Å². The summed E-state index contributed by atoms with van der Waals surface area (Å²) in [5, 5.41) is 12.2. The van der Waals surface area contributed by atoms with Gasteiger partial charge in [0.2, 0.25) is 13.1 Å². The van der Waals surface area contributed by atoms with Gasteiger partial charge in [-0.25, -0.2) is 9.90 Å². The summed E-state index contributed by atoms with van der Waals surface area (Å²) >= 11 is 0. The van der Waals surface area contributed by atoms with Gasteiger partial charge in [-0.15, -0.1) is 0 Å². The smallest absolute Gasteiger partial charge is 0.277 e. The molecule has 2 aliphatic heterocycles. The lowest BCUT2D eigenvalue weighted by Crippen LogP contribution is -2.44. The van der Waals surface area contributed by atoms with E-state index < -0.39 is 11.2 Å². The molecule has 2 heterocycles. The summed E-state index contributed by atoms with van der Waals surface area (Å²) in [5.41, 5.74) is 0.761. The zero-order chi connectivity index (χ0) is 19.0. The molecule has 2 aromatic carbocycles. The predicted molar refractivity (Wildman–Crippen MR) is 91.1 cm³/mol. The minimum Gasteiger partial charge on any atom is -0.454 e. The first-order valence-electron chi connectivity index (χ1n) is 8.29. The van der Waals surface area contributed by atoms with E-state index >= 15 is 0 Å². The summed E-state index contributed by atoms with van der Waals surface area (Å²) in [6.45, 7) is 2.14. The summed E-state index contributed by atoms with van der Waals surface area (Å²) in [4.78, 5) is 29.0. The second-order valence-electron chi connectivity index (χ2n) is 6.17. The van der Waals surface area contributed by atoms with Gasteiger partial charge in [-0.2, -0.15) is 0 Å². The zero-order valence-corrected chi connectivity index (χ0v) is 14.4. The van der Waals surface area contributed by atoms with Gasteiger partial charge >= 0.3 is 0 Å². The summed E-state index contributed by atoms with van der Waals surface area (Å²) in [6.07, 6.45) is -1.24. The molecule has 0 saturated carbocycles. The fourth-order valence-electron chi connectivity index (χ4n) is 2.90. The zero-order valence-electron chi connectivity index (χ0n) is 14.4. The second kappa shape index (κ2) is 6.86. The van der Waals surface area contributed by atoms with Crippen LogP contribution in [-0.2, 0) is 9.57 Å². The number of amides is 1. The molecule has 140 valence electrons. The summed E-state index contributed by atoms with van der Waals surface area (Å²) in [7, 11) is 0. The molecule has 9 heteroatoms. The first kappa shape index (κ1) is 17.3. The third-order valence-electron chi connectivity index (χ3n) is 4.20.